The Balaban J connectivity index is 2.03. The molecule has 128 valence electrons. The van der Waals surface area contributed by atoms with E-state index in [1.807, 2.05) is 42.5 Å². The van der Waals surface area contributed by atoms with Crippen LogP contribution in [0.25, 0.3) is 12.2 Å². The minimum atomic E-state index is -0.127. The summed E-state index contributed by atoms with van der Waals surface area (Å²) in [5.41, 5.74) is 2.96. The topological polar surface area (TPSA) is 34.1 Å². The third-order valence-corrected chi connectivity index (χ3v) is 3.65. The zero-order chi connectivity index (χ0) is 18.8. The fourth-order valence-electron chi connectivity index (χ4n) is 2.23. The number of hydrogen-bond donors (Lipinski definition) is 0. The van der Waals surface area contributed by atoms with E-state index in [4.69, 9.17) is 0 Å². The van der Waals surface area contributed by atoms with Crippen molar-refractivity contribution >= 4 is 23.7 Å². The molecule has 0 aliphatic carbocycles. The Morgan fingerprint density at radius 2 is 1.35 bits per heavy atom. The lowest BCUT2D eigenvalue weighted by atomic mass is 10.1. The molecule has 2 aromatic rings. The third-order valence-electron chi connectivity index (χ3n) is 3.65. The molecule has 26 heavy (non-hydrogen) atoms. The van der Waals surface area contributed by atoms with E-state index in [1.165, 1.54) is 12.2 Å². The van der Waals surface area contributed by atoms with Crippen molar-refractivity contribution in [3.05, 3.63) is 120 Å². The van der Waals surface area contributed by atoms with E-state index in [1.54, 1.807) is 42.5 Å². The number of hydrogen-bond acceptors (Lipinski definition) is 2. The van der Waals surface area contributed by atoms with Crippen molar-refractivity contribution in [3.8, 4) is 0 Å². The molecule has 0 atom stereocenters. The molecule has 0 aromatic heterocycles. The van der Waals surface area contributed by atoms with Gasteiger partial charge in [-0.05, 0) is 23.3 Å². The summed E-state index contributed by atoms with van der Waals surface area (Å²) in [4.78, 5) is 24.0. The molecule has 0 spiro atoms. The maximum atomic E-state index is 12.1. The van der Waals surface area contributed by atoms with Gasteiger partial charge in [-0.15, -0.1) is 0 Å². The van der Waals surface area contributed by atoms with Crippen LogP contribution in [0.1, 0.15) is 21.5 Å². The standard InChI is InChI=1S/C24H20O2/c1-3-8-21(4-2)23(25)17-15-19-11-13-20(14-12-19)16-18-24(26)22-9-6-5-7-10-22/h3-18H,1-2H2/b17-15+,18-16+,21-8+. The molecular formula is C24H20O2. The van der Waals surface area contributed by atoms with Crippen LogP contribution >= 0.6 is 0 Å². The molecular weight excluding hydrogens is 320 g/mol. The monoisotopic (exact) mass is 340 g/mol. The highest BCUT2D eigenvalue weighted by Gasteiger charge is 2.01. The molecule has 2 aromatic carbocycles. The zero-order valence-corrected chi connectivity index (χ0v) is 14.5. The van der Waals surface area contributed by atoms with Gasteiger partial charge in [-0.1, -0.05) is 98.1 Å². The second-order valence-electron chi connectivity index (χ2n) is 5.49. The average Bonchev–Trinajstić information content (AvgIpc) is 2.69. The highest BCUT2D eigenvalue weighted by Crippen LogP contribution is 2.10. The number of benzene rings is 2. The Bertz CT molecular complexity index is 880. The van der Waals surface area contributed by atoms with E-state index >= 15 is 0 Å². The summed E-state index contributed by atoms with van der Waals surface area (Å²) in [7, 11) is 0. The van der Waals surface area contributed by atoms with Gasteiger partial charge in [0.25, 0.3) is 0 Å². The SMILES string of the molecule is C=C/C=C(\C=C)C(=O)/C=C/c1ccc(/C=C/C(=O)c2ccccc2)cc1. The molecule has 0 amide bonds. The number of carbonyl (C=O) groups excluding carboxylic acids is 2. The maximum Gasteiger partial charge on any atom is 0.185 e. The molecule has 0 fully saturated rings. The number of carbonyl (C=O) groups is 2. The van der Waals surface area contributed by atoms with Gasteiger partial charge in [0.1, 0.15) is 0 Å². The van der Waals surface area contributed by atoms with Crippen molar-refractivity contribution in [1.82, 2.24) is 0 Å². The third kappa shape index (κ3) is 5.53. The van der Waals surface area contributed by atoms with E-state index in [0.29, 0.717) is 11.1 Å². The quantitative estimate of drug-likeness (QED) is 0.363. The summed E-state index contributed by atoms with van der Waals surface area (Å²) >= 11 is 0. The fourth-order valence-corrected chi connectivity index (χ4v) is 2.23. The number of ketones is 2. The van der Waals surface area contributed by atoms with Gasteiger partial charge in [0.2, 0.25) is 0 Å². The highest BCUT2D eigenvalue weighted by atomic mass is 16.1. The van der Waals surface area contributed by atoms with Crippen LogP contribution < -0.4 is 0 Å². The Morgan fingerprint density at radius 1 is 0.769 bits per heavy atom. The Labute approximate surface area is 154 Å². The molecule has 0 saturated heterocycles. The summed E-state index contributed by atoms with van der Waals surface area (Å²) in [5.74, 6) is -0.163. The van der Waals surface area contributed by atoms with Gasteiger partial charge >= 0.3 is 0 Å². The van der Waals surface area contributed by atoms with Crippen molar-refractivity contribution in [3.63, 3.8) is 0 Å². The molecule has 0 saturated carbocycles. The first-order valence-corrected chi connectivity index (χ1v) is 8.19. The molecule has 0 radical (unpaired) electrons. The zero-order valence-electron chi connectivity index (χ0n) is 14.5. The first kappa shape index (κ1) is 18.8. The van der Waals surface area contributed by atoms with Gasteiger partial charge in [-0.3, -0.25) is 9.59 Å². The molecule has 2 heteroatoms. The Morgan fingerprint density at radius 3 is 1.88 bits per heavy atom. The summed E-state index contributed by atoms with van der Waals surface area (Å²) in [6.07, 6.45) is 11.3. The molecule has 0 aliphatic heterocycles. The van der Waals surface area contributed by atoms with Crippen molar-refractivity contribution in [2.24, 2.45) is 0 Å². The lowest BCUT2D eigenvalue weighted by Crippen LogP contribution is -1.94. The van der Waals surface area contributed by atoms with Gasteiger partial charge in [0.15, 0.2) is 11.6 Å². The summed E-state index contributed by atoms with van der Waals surface area (Å²) in [5, 5.41) is 0. The predicted molar refractivity (Wildman–Crippen MR) is 109 cm³/mol. The summed E-state index contributed by atoms with van der Waals surface area (Å²) in [6.45, 7) is 7.19. The lowest BCUT2D eigenvalue weighted by molar-refractivity contribution is -0.111. The minimum Gasteiger partial charge on any atom is -0.289 e. The van der Waals surface area contributed by atoms with E-state index in [0.717, 1.165) is 11.1 Å². The second-order valence-corrected chi connectivity index (χ2v) is 5.49. The fraction of sp³-hybridized carbons (Fsp3) is 0. The van der Waals surface area contributed by atoms with Crippen LogP contribution in [0.3, 0.4) is 0 Å². The normalized spacial score (nSPS) is 11.6. The first-order chi connectivity index (χ1) is 12.6. The van der Waals surface area contributed by atoms with Gasteiger partial charge in [-0.25, -0.2) is 0 Å². The number of allylic oxidation sites excluding steroid dienone is 6. The number of rotatable bonds is 8. The van der Waals surface area contributed by atoms with Crippen LogP contribution in [0.15, 0.2) is 104 Å². The largest absolute Gasteiger partial charge is 0.289 e. The van der Waals surface area contributed by atoms with Gasteiger partial charge < -0.3 is 0 Å². The highest BCUT2D eigenvalue weighted by molar-refractivity contribution is 6.08. The molecule has 0 aliphatic rings. The van der Waals surface area contributed by atoms with Crippen LogP contribution in [0.4, 0.5) is 0 Å². The van der Waals surface area contributed by atoms with Gasteiger partial charge in [-0.2, -0.15) is 0 Å². The first-order valence-electron chi connectivity index (χ1n) is 8.19. The van der Waals surface area contributed by atoms with E-state index in [9.17, 15) is 9.59 Å². The summed E-state index contributed by atoms with van der Waals surface area (Å²) < 4.78 is 0. The van der Waals surface area contributed by atoms with Crippen LogP contribution in [0.5, 0.6) is 0 Å². The smallest absolute Gasteiger partial charge is 0.185 e. The van der Waals surface area contributed by atoms with Crippen LogP contribution in [0, 0.1) is 0 Å². The van der Waals surface area contributed by atoms with E-state index in [-0.39, 0.29) is 11.6 Å². The van der Waals surface area contributed by atoms with Crippen molar-refractivity contribution in [2.75, 3.05) is 0 Å². The van der Waals surface area contributed by atoms with E-state index < -0.39 is 0 Å². The van der Waals surface area contributed by atoms with Gasteiger partial charge in [0.05, 0.1) is 0 Å². The second kappa shape index (κ2) is 9.70. The molecule has 2 nitrogen and oxygen atoms in total. The minimum absolute atomic E-state index is 0.0360. The lowest BCUT2D eigenvalue weighted by Gasteiger charge is -1.98. The predicted octanol–water partition coefficient (Wildman–Crippen LogP) is 5.46. The van der Waals surface area contributed by atoms with Crippen LogP contribution in [-0.4, -0.2) is 11.6 Å². The molecule has 0 unspecified atom stereocenters. The van der Waals surface area contributed by atoms with Crippen molar-refractivity contribution in [2.45, 2.75) is 0 Å². The average molecular weight is 340 g/mol. The van der Waals surface area contributed by atoms with Crippen LogP contribution in [0.2, 0.25) is 0 Å². The van der Waals surface area contributed by atoms with Crippen molar-refractivity contribution < 1.29 is 9.59 Å². The van der Waals surface area contributed by atoms with Crippen LogP contribution in [-0.2, 0) is 4.79 Å². The molecule has 0 bridgehead atoms. The van der Waals surface area contributed by atoms with E-state index in [2.05, 4.69) is 13.2 Å². The molecule has 0 heterocycles. The maximum absolute atomic E-state index is 12.1. The molecule has 2 rings (SSSR count). The molecule has 0 N–H and O–H groups in total. The Hall–Kier alpha value is -3.52. The Kier molecular flexibility index (Phi) is 7.02. The van der Waals surface area contributed by atoms with Gasteiger partial charge in [0, 0.05) is 11.1 Å². The summed E-state index contributed by atoms with van der Waals surface area (Å²) in [6, 6.07) is 16.7. The van der Waals surface area contributed by atoms with Crippen molar-refractivity contribution in [1.29, 1.82) is 0 Å².